The second-order valence-electron chi connectivity index (χ2n) is 6.00. The Bertz CT molecular complexity index is 576. The van der Waals surface area contributed by atoms with Gasteiger partial charge in [-0.05, 0) is 26.0 Å². The van der Waals surface area contributed by atoms with Gasteiger partial charge in [-0.3, -0.25) is 9.59 Å². The van der Waals surface area contributed by atoms with Crippen LogP contribution >= 0.6 is 11.8 Å². The molecule has 1 aliphatic heterocycles. The van der Waals surface area contributed by atoms with E-state index in [1.165, 1.54) is 0 Å². The number of aromatic nitrogens is 2. The van der Waals surface area contributed by atoms with Crippen molar-refractivity contribution in [3.8, 4) is 0 Å². The average molecular weight is 337 g/mol. The summed E-state index contributed by atoms with van der Waals surface area (Å²) in [7, 11) is 5.49. The Morgan fingerprint density at radius 2 is 1.96 bits per heavy atom. The molecular weight excluding hydrogens is 314 g/mol. The van der Waals surface area contributed by atoms with E-state index in [1.807, 2.05) is 32.8 Å². The van der Waals surface area contributed by atoms with E-state index in [1.54, 1.807) is 40.7 Å². The molecule has 23 heavy (non-hydrogen) atoms. The molecule has 2 heterocycles. The zero-order chi connectivity index (χ0) is 17.1. The summed E-state index contributed by atoms with van der Waals surface area (Å²) in [6.07, 6.45) is 0. The van der Waals surface area contributed by atoms with Crippen molar-refractivity contribution in [3.63, 3.8) is 0 Å². The van der Waals surface area contributed by atoms with Gasteiger partial charge in [0.1, 0.15) is 6.04 Å². The fourth-order valence-electron chi connectivity index (χ4n) is 2.16. The lowest BCUT2D eigenvalue weighted by Gasteiger charge is -2.29. The molecule has 7 nitrogen and oxygen atoms in total. The van der Waals surface area contributed by atoms with E-state index in [2.05, 4.69) is 10.2 Å². The minimum absolute atomic E-state index is 0.0313. The van der Waals surface area contributed by atoms with E-state index in [9.17, 15) is 9.59 Å². The lowest BCUT2D eigenvalue weighted by molar-refractivity contribution is -0.135. The summed E-state index contributed by atoms with van der Waals surface area (Å²) < 4.78 is 0. The minimum Gasteiger partial charge on any atom is -0.361 e. The summed E-state index contributed by atoms with van der Waals surface area (Å²) in [5, 5.41) is 8.03. The van der Waals surface area contributed by atoms with Gasteiger partial charge in [0.15, 0.2) is 11.5 Å². The molecule has 1 fully saturated rings. The van der Waals surface area contributed by atoms with Crippen molar-refractivity contribution in [2.24, 2.45) is 0 Å². The van der Waals surface area contributed by atoms with Gasteiger partial charge in [0.2, 0.25) is 5.91 Å². The number of rotatable bonds is 4. The van der Waals surface area contributed by atoms with Crippen LogP contribution in [0.3, 0.4) is 0 Å². The fourth-order valence-corrected chi connectivity index (χ4v) is 3.31. The maximum absolute atomic E-state index is 12.7. The van der Waals surface area contributed by atoms with Gasteiger partial charge >= 0.3 is 0 Å². The first-order valence-electron chi connectivity index (χ1n) is 7.49. The monoisotopic (exact) mass is 337 g/mol. The molecule has 0 bridgehead atoms. The summed E-state index contributed by atoms with van der Waals surface area (Å²) in [5.74, 6) is 1.52. The minimum atomic E-state index is -0.435. The molecule has 0 N–H and O–H groups in total. The normalized spacial score (nSPS) is 17.5. The third kappa shape index (κ3) is 3.74. The molecule has 2 rings (SSSR count). The van der Waals surface area contributed by atoms with E-state index in [-0.39, 0.29) is 23.6 Å². The Morgan fingerprint density at radius 3 is 2.48 bits per heavy atom. The molecule has 0 aliphatic carbocycles. The second-order valence-corrected chi connectivity index (χ2v) is 7.00. The van der Waals surface area contributed by atoms with Crippen molar-refractivity contribution in [2.75, 3.05) is 37.7 Å². The van der Waals surface area contributed by atoms with Crippen LogP contribution in [0.1, 0.15) is 24.3 Å². The van der Waals surface area contributed by atoms with Crippen molar-refractivity contribution in [3.05, 3.63) is 17.8 Å². The first-order chi connectivity index (χ1) is 10.8. The van der Waals surface area contributed by atoms with Crippen molar-refractivity contribution in [1.82, 2.24) is 20.0 Å². The van der Waals surface area contributed by atoms with Crippen LogP contribution in [0.5, 0.6) is 0 Å². The summed E-state index contributed by atoms with van der Waals surface area (Å²) in [4.78, 5) is 30.3. The van der Waals surface area contributed by atoms with E-state index < -0.39 is 6.04 Å². The van der Waals surface area contributed by atoms with Crippen LogP contribution in [0.15, 0.2) is 12.1 Å². The van der Waals surface area contributed by atoms with Gasteiger partial charge in [-0.1, -0.05) is 0 Å². The maximum Gasteiger partial charge on any atom is 0.275 e. The Morgan fingerprint density at radius 1 is 1.26 bits per heavy atom. The van der Waals surface area contributed by atoms with Gasteiger partial charge < -0.3 is 14.7 Å². The molecule has 126 valence electrons. The zero-order valence-corrected chi connectivity index (χ0v) is 15.0. The maximum atomic E-state index is 12.7. The third-order valence-corrected chi connectivity index (χ3v) is 4.89. The van der Waals surface area contributed by atoms with Gasteiger partial charge in [0.05, 0.1) is 5.88 Å². The molecule has 1 aliphatic rings. The van der Waals surface area contributed by atoms with Crippen molar-refractivity contribution < 1.29 is 9.59 Å². The van der Waals surface area contributed by atoms with Gasteiger partial charge in [0, 0.05) is 32.9 Å². The number of amides is 2. The number of hydrogen-bond acceptors (Lipinski definition) is 6. The van der Waals surface area contributed by atoms with Crippen molar-refractivity contribution >= 4 is 29.4 Å². The highest BCUT2D eigenvalue weighted by molar-refractivity contribution is 7.99. The third-order valence-electron chi connectivity index (χ3n) is 3.88. The van der Waals surface area contributed by atoms with E-state index >= 15 is 0 Å². The predicted octanol–water partition coefficient (Wildman–Crippen LogP) is 0.924. The Labute approximate surface area is 141 Å². The number of carbonyl (C=O) groups is 2. The average Bonchev–Trinajstić information content (AvgIpc) is 3.02. The molecule has 0 spiro atoms. The van der Waals surface area contributed by atoms with E-state index in [4.69, 9.17) is 0 Å². The smallest absolute Gasteiger partial charge is 0.275 e. The quantitative estimate of drug-likeness (QED) is 0.814. The van der Waals surface area contributed by atoms with Gasteiger partial charge in [-0.15, -0.1) is 22.0 Å². The molecule has 8 heteroatoms. The zero-order valence-electron chi connectivity index (χ0n) is 14.2. The Balaban J connectivity index is 2.15. The van der Waals surface area contributed by atoms with Crippen LogP contribution < -0.4 is 4.90 Å². The molecule has 0 radical (unpaired) electrons. The second kappa shape index (κ2) is 7.16. The van der Waals surface area contributed by atoms with Crippen LogP contribution in [0, 0.1) is 0 Å². The number of nitrogens with zero attached hydrogens (tertiary/aromatic N) is 5. The lowest BCUT2D eigenvalue weighted by Crippen LogP contribution is -2.49. The summed E-state index contributed by atoms with van der Waals surface area (Å²) in [6, 6.07) is 3.07. The van der Waals surface area contributed by atoms with Crippen molar-refractivity contribution in [2.45, 2.75) is 25.9 Å². The molecule has 2 amide bonds. The van der Waals surface area contributed by atoms with Crippen LogP contribution in [-0.4, -0.2) is 76.7 Å². The van der Waals surface area contributed by atoms with Gasteiger partial charge in [-0.2, -0.15) is 0 Å². The topological polar surface area (TPSA) is 69.6 Å². The standard InChI is InChI=1S/C15H23N5O2S/c1-10(2)19(5)15(22)12-8-23-9-20(12)14(21)11-6-7-13(17-16-11)18(3)4/h6-7,10,12H,8-9H2,1-5H3/t12-/m0/s1. The van der Waals surface area contributed by atoms with Crippen LogP contribution in [0.4, 0.5) is 5.82 Å². The Kier molecular flexibility index (Phi) is 5.46. The number of anilines is 1. The number of likely N-dealkylation sites (N-methyl/N-ethyl adjacent to an activating group) is 1. The van der Waals surface area contributed by atoms with Crippen molar-refractivity contribution in [1.29, 1.82) is 0 Å². The highest BCUT2D eigenvalue weighted by atomic mass is 32.2. The molecule has 0 aromatic carbocycles. The molecule has 1 aromatic rings. The summed E-state index contributed by atoms with van der Waals surface area (Å²) in [6.45, 7) is 3.91. The van der Waals surface area contributed by atoms with Gasteiger partial charge in [-0.25, -0.2) is 0 Å². The molecular formula is C15H23N5O2S. The Hall–Kier alpha value is -1.83. The van der Waals surface area contributed by atoms with Crippen LogP contribution in [0.25, 0.3) is 0 Å². The molecule has 1 atom stereocenters. The highest BCUT2D eigenvalue weighted by Gasteiger charge is 2.37. The van der Waals surface area contributed by atoms with Crippen LogP contribution in [-0.2, 0) is 4.79 Å². The first-order valence-corrected chi connectivity index (χ1v) is 8.64. The summed E-state index contributed by atoms with van der Waals surface area (Å²) in [5.41, 5.74) is 0.267. The summed E-state index contributed by atoms with van der Waals surface area (Å²) >= 11 is 1.58. The molecule has 0 unspecified atom stereocenters. The highest BCUT2D eigenvalue weighted by Crippen LogP contribution is 2.24. The number of hydrogen-bond donors (Lipinski definition) is 0. The number of carbonyl (C=O) groups excluding carboxylic acids is 2. The molecule has 1 aromatic heterocycles. The lowest BCUT2D eigenvalue weighted by atomic mass is 10.2. The van der Waals surface area contributed by atoms with Gasteiger partial charge in [0.25, 0.3) is 5.91 Å². The SMILES string of the molecule is CC(C)N(C)C(=O)[C@@H]1CSCN1C(=O)c1ccc(N(C)C)nn1. The van der Waals surface area contributed by atoms with Crippen LogP contribution in [0.2, 0.25) is 0 Å². The largest absolute Gasteiger partial charge is 0.361 e. The fraction of sp³-hybridized carbons (Fsp3) is 0.600. The first kappa shape index (κ1) is 17.5. The van der Waals surface area contributed by atoms with E-state index in [0.717, 1.165) is 0 Å². The molecule has 0 saturated carbocycles. The number of thioether (sulfide) groups is 1. The predicted molar refractivity (Wildman–Crippen MR) is 91.5 cm³/mol. The van der Waals surface area contributed by atoms with E-state index in [0.29, 0.717) is 17.4 Å². The molecule has 1 saturated heterocycles.